The Morgan fingerprint density at radius 1 is 1.13 bits per heavy atom. The predicted molar refractivity (Wildman–Crippen MR) is 114 cm³/mol. The van der Waals surface area contributed by atoms with Gasteiger partial charge in [-0.15, -0.1) is 0 Å². The molecule has 162 valence electrons. The number of aliphatic imine (C=N–C) groups is 1. The van der Waals surface area contributed by atoms with Gasteiger partial charge in [0, 0.05) is 19.1 Å². The number of benzene rings is 2. The van der Waals surface area contributed by atoms with Gasteiger partial charge in [-0.25, -0.2) is 0 Å². The topological polar surface area (TPSA) is 53.6 Å². The molecule has 1 heterocycles. The molecule has 2 atom stereocenters. The molecule has 0 saturated carbocycles. The lowest BCUT2D eigenvalue weighted by atomic mass is 9.84. The monoisotopic (exact) mass is 418 g/mol. The molecule has 1 saturated heterocycles. The van der Waals surface area contributed by atoms with Crippen molar-refractivity contribution >= 4 is 5.96 Å². The first kappa shape index (κ1) is 22.2. The van der Waals surface area contributed by atoms with Crippen molar-refractivity contribution in [3.05, 3.63) is 71.3 Å². The van der Waals surface area contributed by atoms with Gasteiger partial charge in [0.25, 0.3) is 0 Å². The number of alkyl halides is 3. The number of hydrogen-bond acceptors (Lipinski definition) is 2. The van der Waals surface area contributed by atoms with Crippen molar-refractivity contribution in [3.8, 4) is 0 Å². The molecule has 0 aliphatic carbocycles. The molecule has 2 unspecified atom stereocenters. The van der Waals surface area contributed by atoms with E-state index in [0.29, 0.717) is 19.0 Å². The first-order valence-electron chi connectivity index (χ1n) is 10.3. The molecule has 3 rings (SSSR count). The van der Waals surface area contributed by atoms with E-state index in [2.05, 4.69) is 27.3 Å². The van der Waals surface area contributed by atoms with E-state index in [-0.39, 0.29) is 12.0 Å². The van der Waals surface area contributed by atoms with Crippen LogP contribution in [0.3, 0.4) is 0 Å². The third-order valence-electron chi connectivity index (χ3n) is 5.65. The normalized spacial score (nSPS) is 20.9. The van der Waals surface area contributed by atoms with Gasteiger partial charge in [0.1, 0.15) is 0 Å². The lowest BCUT2D eigenvalue weighted by molar-refractivity contribution is -0.137. The van der Waals surface area contributed by atoms with Crippen molar-refractivity contribution in [1.29, 1.82) is 0 Å². The molecule has 0 aromatic heterocycles. The predicted octanol–water partition coefficient (Wildman–Crippen LogP) is 4.24. The lowest BCUT2D eigenvalue weighted by Crippen LogP contribution is -2.39. The Balaban J connectivity index is 1.60. The van der Waals surface area contributed by atoms with Crippen molar-refractivity contribution in [2.75, 3.05) is 26.7 Å². The van der Waals surface area contributed by atoms with Crippen LogP contribution in [0.2, 0.25) is 0 Å². The van der Waals surface area contributed by atoms with Crippen LogP contribution < -0.4 is 11.1 Å². The van der Waals surface area contributed by atoms with Crippen LogP contribution in [0.5, 0.6) is 0 Å². The van der Waals surface area contributed by atoms with Gasteiger partial charge in [-0.1, -0.05) is 42.5 Å². The average molecular weight is 419 g/mol. The Hall–Kier alpha value is -2.54. The number of likely N-dealkylation sites (tertiary alicyclic amines) is 1. The van der Waals surface area contributed by atoms with Crippen LogP contribution in [-0.4, -0.2) is 37.5 Å². The maximum Gasteiger partial charge on any atom is 0.416 e. The summed E-state index contributed by atoms with van der Waals surface area (Å²) in [6.45, 7) is 2.16. The highest BCUT2D eigenvalue weighted by molar-refractivity contribution is 5.77. The minimum atomic E-state index is -4.32. The molecule has 0 radical (unpaired) electrons. The minimum Gasteiger partial charge on any atom is -0.370 e. The zero-order chi connectivity index (χ0) is 21.6. The molecule has 2 aromatic rings. The fourth-order valence-corrected chi connectivity index (χ4v) is 4.10. The minimum absolute atomic E-state index is 0.0295. The number of halogens is 3. The molecule has 3 N–H and O–H groups in total. The largest absolute Gasteiger partial charge is 0.416 e. The van der Waals surface area contributed by atoms with Gasteiger partial charge in [-0.05, 0) is 62.0 Å². The summed E-state index contributed by atoms with van der Waals surface area (Å²) < 4.78 is 38.7. The molecule has 1 aliphatic heterocycles. The summed E-state index contributed by atoms with van der Waals surface area (Å²) >= 11 is 0. The number of nitrogens with zero attached hydrogens (tertiary/aromatic N) is 2. The molecular weight excluding hydrogens is 389 g/mol. The van der Waals surface area contributed by atoms with Gasteiger partial charge >= 0.3 is 6.18 Å². The zero-order valence-corrected chi connectivity index (χ0v) is 17.2. The summed E-state index contributed by atoms with van der Waals surface area (Å²) in [6.07, 6.45) is -1.45. The molecule has 0 amide bonds. The maximum absolute atomic E-state index is 12.9. The number of guanidine groups is 1. The highest BCUT2D eigenvalue weighted by atomic mass is 19.4. The zero-order valence-electron chi connectivity index (χ0n) is 17.2. The second-order valence-corrected chi connectivity index (χ2v) is 7.84. The third kappa shape index (κ3) is 5.98. The molecule has 4 nitrogen and oxygen atoms in total. The smallest absolute Gasteiger partial charge is 0.370 e. The lowest BCUT2D eigenvalue weighted by Gasteiger charge is -2.39. The van der Waals surface area contributed by atoms with E-state index in [9.17, 15) is 13.2 Å². The quantitative estimate of drug-likeness (QED) is 0.545. The van der Waals surface area contributed by atoms with Gasteiger partial charge in [0.15, 0.2) is 5.96 Å². The van der Waals surface area contributed by atoms with Crippen molar-refractivity contribution in [1.82, 2.24) is 10.2 Å². The number of hydrogen-bond donors (Lipinski definition) is 2. The van der Waals surface area contributed by atoms with E-state index in [1.165, 1.54) is 5.56 Å². The van der Waals surface area contributed by atoms with Gasteiger partial charge in [-0.3, -0.25) is 9.89 Å². The molecule has 30 heavy (non-hydrogen) atoms. The number of piperidine rings is 1. The first-order valence-corrected chi connectivity index (χ1v) is 10.3. The van der Waals surface area contributed by atoms with E-state index >= 15 is 0 Å². The Morgan fingerprint density at radius 3 is 2.50 bits per heavy atom. The van der Waals surface area contributed by atoms with E-state index in [0.717, 1.165) is 43.5 Å². The van der Waals surface area contributed by atoms with Crippen LogP contribution in [0.4, 0.5) is 13.2 Å². The molecule has 0 bridgehead atoms. The van der Waals surface area contributed by atoms with Crippen molar-refractivity contribution in [2.24, 2.45) is 16.6 Å². The van der Waals surface area contributed by atoms with Crippen LogP contribution in [0.25, 0.3) is 0 Å². The maximum atomic E-state index is 12.9. The molecular formula is C23H29F3N4. The van der Waals surface area contributed by atoms with Crippen molar-refractivity contribution < 1.29 is 13.2 Å². The summed E-state index contributed by atoms with van der Waals surface area (Å²) in [4.78, 5) is 6.72. The number of rotatable bonds is 6. The molecule has 2 aromatic carbocycles. The van der Waals surface area contributed by atoms with E-state index in [1.807, 2.05) is 25.2 Å². The third-order valence-corrected chi connectivity index (χ3v) is 5.65. The second-order valence-electron chi connectivity index (χ2n) is 7.84. The van der Waals surface area contributed by atoms with Gasteiger partial charge in [0.05, 0.1) is 5.56 Å². The Bertz CT molecular complexity index is 819. The van der Waals surface area contributed by atoms with Crippen LogP contribution >= 0.6 is 0 Å². The van der Waals surface area contributed by atoms with Crippen LogP contribution in [0, 0.1) is 5.92 Å². The van der Waals surface area contributed by atoms with Gasteiger partial charge < -0.3 is 11.1 Å². The molecule has 1 aliphatic rings. The Kier molecular flexibility index (Phi) is 7.37. The Morgan fingerprint density at radius 2 is 1.83 bits per heavy atom. The molecule has 1 fully saturated rings. The van der Waals surface area contributed by atoms with Crippen LogP contribution in [-0.2, 0) is 12.6 Å². The standard InChI is InChI=1S/C23H29F3N4/c1-30-15-5-8-19(21(30)18-9-11-20(12-10-18)23(24,25)26)16-29-22(27)28-14-13-17-6-3-2-4-7-17/h2-4,6-7,9-12,19,21H,5,8,13-16H2,1H3,(H3,27,28,29). The highest BCUT2D eigenvalue weighted by Gasteiger charge is 2.33. The van der Waals surface area contributed by atoms with Gasteiger partial charge in [-0.2, -0.15) is 13.2 Å². The van der Waals surface area contributed by atoms with Crippen molar-refractivity contribution in [2.45, 2.75) is 31.5 Å². The summed E-state index contributed by atoms with van der Waals surface area (Å²) in [6, 6.07) is 15.7. The molecule has 0 spiro atoms. The molecule has 7 heteroatoms. The van der Waals surface area contributed by atoms with Crippen LogP contribution in [0.15, 0.2) is 59.6 Å². The number of nitrogens with two attached hydrogens (primary N) is 1. The second kappa shape index (κ2) is 9.98. The summed E-state index contributed by atoms with van der Waals surface area (Å²) in [5.41, 5.74) is 7.54. The summed E-state index contributed by atoms with van der Waals surface area (Å²) in [5, 5.41) is 3.15. The summed E-state index contributed by atoms with van der Waals surface area (Å²) in [5.74, 6) is 0.611. The average Bonchev–Trinajstić information content (AvgIpc) is 2.72. The summed E-state index contributed by atoms with van der Waals surface area (Å²) in [7, 11) is 2.01. The van der Waals surface area contributed by atoms with Crippen molar-refractivity contribution in [3.63, 3.8) is 0 Å². The first-order chi connectivity index (χ1) is 14.3. The van der Waals surface area contributed by atoms with Gasteiger partial charge in [0.2, 0.25) is 0 Å². The van der Waals surface area contributed by atoms with E-state index in [4.69, 9.17) is 5.73 Å². The number of nitrogens with one attached hydrogen (secondary N) is 1. The fraction of sp³-hybridized carbons (Fsp3) is 0.435. The highest BCUT2D eigenvalue weighted by Crippen LogP contribution is 2.37. The SMILES string of the molecule is CN1CCCC(CN=C(N)NCCc2ccccc2)C1c1ccc(C(F)(F)F)cc1. The van der Waals surface area contributed by atoms with E-state index < -0.39 is 11.7 Å². The van der Waals surface area contributed by atoms with E-state index in [1.54, 1.807) is 12.1 Å². The van der Waals surface area contributed by atoms with Crippen LogP contribution in [0.1, 0.15) is 35.6 Å². The Labute approximate surface area is 176 Å². The fourth-order valence-electron chi connectivity index (χ4n) is 4.10.